The van der Waals surface area contributed by atoms with Crippen molar-refractivity contribution in [1.29, 1.82) is 0 Å². The summed E-state index contributed by atoms with van der Waals surface area (Å²) in [7, 11) is 0. The van der Waals surface area contributed by atoms with E-state index in [-0.39, 0.29) is 6.10 Å². The van der Waals surface area contributed by atoms with Crippen molar-refractivity contribution in [2.24, 2.45) is 5.73 Å². The van der Waals surface area contributed by atoms with Crippen molar-refractivity contribution in [3.63, 3.8) is 0 Å². The van der Waals surface area contributed by atoms with Gasteiger partial charge in [0.05, 0.1) is 6.10 Å². The fourth-order valence-corrected chi connectivity index (χ4v) is 1.25. The summed E-state index contributed by atoms with van der Waals surface area (Å²) in [6, 6.07) is 4.83. The Labute approximate surface area is 104 Å². The van der Waals surface area contributed by atoms with E-state index in [2.05, 4.69) is 0 Å². The Morgan fingerprint density at radius 1 is 1.17 bits per heavy atom. The molecule has 0 saturated heterocycles. The van der Waals surface area contributed by atoms with Gasteiger partial charge in [0.15, 0.2) is 0 Å². The van der Waals surface area contributed by atoms with E-state index in [1.807, 2.05) is 13.8 Å². The van der Waals surface area contributed by atoms with Crippen molar-refractivity contribution in [1.82, 2.24) is 0 Å². The van der Waals surface area contributed by atoms with Crippen LogP contribution in [0.1, 0.15) is 19.4 Å². The maximum atomic E-state index is 12.2. The molecule has 0 unspecified atom stereocenters. The Hall–Kier alpha value is -1.49. The van der Waals surface area contributed by atoms with E-state index in [1.165, 1.54) is 6.08 Å². The predicted octanol–water partition coefficient (Wildman–Crippen LogP) is 3.38. The SMILES string of the molecule is CC(C)Oc1ccc(C=C[C@H](N)C(F)(F)F)cc1. The second-order valence-corrected chi connectivity index (χ2v) is 4.16. The number of alkyl halides is 3. The fourth-order valence-electron chi connectivity index (χ4n) is 1.25. The first-order valence-electron chi connectivity index (χ1n) is 5.56. The number of hydrogen-bond donors (Lipinski definition) is 1. The zero-order valence-corrected chi connectivity index (χ0v) is 10.2. The van der Waals surface area contributed by atoms with Crippen molar-refractivity contribution < 1.29 is 17.9 Å². The summed E-state index contributed by atoms with van der Waals surface area (Å²) in [5, 5.41) is 0. The summed E-state index contributed by atoms with van der Waals surface area (Å²) in [5.74, 6) is 0.683. The zero-order valence-electron chi connectivity index (χ0n) is 10.2. The van der Waals surface area contributed by atoms with Crippen LogP contribution in [0.4, 0.5) is 13.2 Å². The van der Waals surface area contributed by atoms with Crippen molar-refractivity contribution in [3.05, 3.63) is 35.9 Å². The van der Waals surface area contributed by atoms with Gasteiger partial charge in [-0.3, -0.25) is 0 Å². The minimum absolute atomic E-state index is 0.0602. The summed E-state index contributed by atoms with van der Waals surface area (Å²) in [5.41, 5.74) is 5.60. The van der Waals surface area contributed by atoms with Gasteiger partial charge >= 0.3 is 6.18 Å². The van der Waals surface area contributed by atoms with Gasteiger partial charge in [0.25, 0.3) is 0 Å². The normalized spacial score (nSPS) is 14.2. The van der Waals surface area contributed by atoms with E-state index in [0.29, 0.717) is 11.3 Å². The number of ether oxygens (including phenoxy) is 1. The lowest BCUT2D eigenvalue weighted by Gasteiger charge is -2.11. The molecule has 1 aromatic carbocycles. The van der Waals surface area contributed by atoms with Crippen LogP contribution in [0.15, 0.2) is 30.3 Å². The molecule has 5 heteroatoms. The summed E-state index contributed by atoms with van der Waals surface area (Å²) in [4.78, 5) is 0. The average Bonchev–Trinajstić information content (AvgIpc) is 2.25. The van der Waals surface area contributed by atoms with Crippen LogP contribution in [0.2, 0.25) is 0 Å². The highest BCUT2D eigenvalue weighted by atomic mass is 19.4. The Morgan fingerprint density at radius 3 is 2.17 bits per heavy atom. The van der Waals surface area contributed by atoms with Gasteiger partial charge in [-0.25, -0.2) is 0 Å². The fraction of sp³-hybridized carbons (Fsp3) is 0.385. The van der Waals surface area contributed by atoms with Crippen LogP contribution < -0.4 is 10.5 Å². The lowest BCUT2D eigenvalue weighted by Crippen LogP contribution is -2.35. The van der Waals surface area contributed by atoms with E-state index in [4.69, 9.17) is 10.5 Å². The number of nitrogens with two attached hydrogens (primary N) is 1. The van der Waals surface area contributed by atoms with Crippen LogP contribution in [0.5, 0.6) is 5.75 Å². The molecule has 1 aromatic rings. The minimum Gasteiger partial charge on any atom is -0.491 e. The first-order valence-corrected chi connectivity index (χ1v) is 5.56. The van der Waals surface area contributed by atoms with Gasteiger partial charge in [0.1, 0.15) is 11.8 Å². The van der Waals surface area contributed by atoms with E-state index in [9.17, 15) is 13.2 Å². The molecule has 0 aromatic heterocycles. The number of hydrogen-bond acceptors (Lipinski definition) is 2. The van der Waals surface area contributed by atoms with Gasteiger partial charge < -0.3 is 10.5 Å². The molecule has 18 heavy (non-hydrogen) atoms. The molecule has 0 saturated carbocycles. The molecule has 0 aliphatic heterocycles. The molecule has 0 aliphatic rings. The smallest absolute Gasteiger partial charge is 0.407 e. The first-order chi connectivity index (χ1) is 8.29. The van der Waals surface area contributed by atoms with Gasteiger partial charge in [-0.15, -0.1) is 0 Å². The first kappa shape index (κ1) is 14.6. The van der Waals surface area contributed by atoms with Crippen LogP contribution in [0.25, 0.3) is 6.08 Å². The van der Waals surface area contributed by atoms with E-state index >= 15 is 0 Å². The highest BCUT2D eigenvalue weighted by Crippen LogP contribution is 2.20. The molecule has 0 aliphatic carbocycles. The van der Waals surface area contributed by atoms with Gasteiger partial charge in [-0.2, -0.15) is 13.2 Å². The molecule has 0 radical (unpaired) electrons. The molecule has 1 rings (SSSR count). The standard InChI is InChI=1S/C13H16F3NO/c1-9(2)18-11-6-3-10(4-7-11)5-8-12(17)13(14,15)16/h3-9,12H,17H2,1-2H3/t12-/m0/s1. The molecule has 100 valence electrons. The van der Waals surface area contributed by atoms with E-state index < -0.39 is 12.2 Å². The molecule has 0 heterocycles. The highest BCUT2D eigenvalue weighted by molar-refractivity contribution is 5.51. The largest absolute Gasteiger partial charge is 0.491 e. The summed E-state index contributed by atoms with van der Waals surface area (Å²) < 4.78 is 41.9. The highest BCUT2D eigenvalue weighted by Gasteiger charge is 2.34. The van der Waals surface area contributed by atoms with Crippen LogP contribution in [0.3, 0.4) is 0 Å². The molecule has 0 amide bonds. The average molecular weight is 259 g/mol. The third-order valence-electron chi connectivity index (χ3n) is 2.13. The van der Waals surface area contributed by atoms with Crippen LogP contribution in [-0.4, -0.2) is 18.3 Å². The molecule has 2 N–H and O–H groups in total. The molecule has 0 spiro atoms. The Morgan fingerprint density at radius 2 is 1.72 bits per heavy atom. The molecule has 0 fully saturated rings. The molecular formula is C13H16F3NO. The summed E-state index contributed by atoms with van der Waals surface area (Å²) >= 11 is 0. The molecule has 0 bridgehead atoms. The number of rotatable bonds is 4. The maximum absolute atomic E-state index is 12.2. The van der Waals surface area contributed by atoms with Gasteiger partial charge in [0.2, 0.25) is 0 Å². The van der Waals surface area contributed by atoms with Gasteiger partial charge in [0, 0.05) is 0 Å². The summed E-state index contributed by atoms with van der Waals surface area (Å²) in [6.07, 6.45) is -2.07. The number of benzene rings is 1. The second kappa shape index (κ2) is 5.91. The second-order valence-electron chi connectivity index (χ2n) is 4.16. The number of halogens is 3. The van der Waals surface area contributed by atoms with E-state index in [1.54, 1.807) is 24.3 Å². The van der Waals surface area contributed by atoms with Gasteiger partial charge in [-0.1, -0.05) is 24.3 Å². The predicted molar refractivity (Wildman–Crippen MR) is 65.3 cm³/mol. The lowest BCUT2D eigenvalue weighted by molar-refractivity contribution is -0.136. The topological polar surface area (TPSA) is 35.2 Å². The Kier molecular flexibility index (Phi) is 4.78. The lowest BCUT2D eigenvalue weighted by atomic mass is 10.1. The third-order valence-corrected chi connectivity index (χ3v) is 2.13. The quantitative estimate of drug-likeness (QED) is 0.899. The van der Waals surface area contributed by atoms with Crippen molar-refractivity contribution in [2.75, 3.05) is 0 Å². The molecular weight excluding hydrogens is 243 g/mol. The summed E-state index contributed by atoms with van der Waals surface area (Å²) in [6.45, 7) is 3.80. The van der Waals surface area contributed by atoms with E-state index in [0.717, 1.165) is 6.08 Å². The van der Waals surface area contributed by atoms with Crippen molar-refractivity contribution in [2.45, 2.75) is 32.2 Å². The van der Waals surface area contributed by atoms with Gasteiger partial charge in [-0.05, 0) is 31.5 Å². The van der Waals surface area contributed by atoms with Crippen LogP contribution in [0, 0.1) is 0 Å². The van der Waals surface area contributed by atoms with Crippen molar-refractivity contribution >= 4 is 6.08 Å². The Bertz CT molecular complexity index is 396. The van der Waals surface area contributed by atoms with Crippen LogP contribution >= 0.6 is 0 Å². The monoisotopic (exact) mass is 259 g/mol. The molecule has 1 atom stereocenters. The maximum Gasteiger partial charge on any atom is 0.407 e. The van der Waals surface area contributed by atoms with Crippen molar-refractivity contribution in [3.8, 4) is 5.75 Å². The minimum atomic E-state index is -4.41. The van der Waals surface area contributed by atoms with Crippen LogP contribution in [-0.2, 0) is 0 Å². The molecule has 2 nitrogen and oxygen atoms in total. The zero-order chi connectivity index (χ0) is 13.8. The third kappa shape index (κ3) is 4.79. The Balaban J connectivity index is 2.66.